The molecule has 4 N–H and O–H groups in total. The number of hydrogen-bond donors (Lipinski definition) is 4. The quantitative estimate of drug-likeness (QED) is 0.0381. The maximum Gasteiger partial charge on any atom is 0.0431 e. The fourth-order valence-corrected chi connectivity index (χ4v) is 5.64. The summed E-state index contributed by atoms with van der Waals surface area (Å²) in [6.07, 6.45) is 48.4. The first-order valence-electron chi connectivity index (χ1n) is 22.1. The largest absolute Gasteiger partial charge is 0.396 e. The van der Waals surface area contributed by atoms with Crippen LogP contribution in [0, 0.1) is 0 Å². The van der Waals surface area contributed by atoms with Crippen LogP contribution in [-0.2, 0) is 21.7 Å². The van der Waals surface area contributed by atoms with Gasteiger partial charge in [-0.25, -0.2) is 0 Å². The Balaban J connectivity index is -0.000000203. The van der Waals surface area contributed by atoms with E-state index < -0.39 is 0 Å². The molecule has 0 saturated carbocycles. The van der Waals surface area contributed by atoms with E-state index in [2.05, 4.69) is 27.7 Å². The van der Waals surface area contributed by atoms with Gasteiger partial charge >= 0.3 is 0 Å². The predicted molar refractivity (Wildman–Crippen MR) is 217 cm³/mol. The van der Waals surface area contributed by atoms with E-state index in [0.717, 1.165) is 38.5 Å². The van der Waals surface area contributed by atoms with E-state index >= 15 is 0 Å². The van der Waals surface area contributed by atoms with Crippen molar-refractivity contribution in [3.63, 3.8) is 0 Å². The third-order valence-corrected chi connectivity index (χ3v) is 9.05. The molecule has 0 heterocycles. The first-order chi connectivity index (χ1) is 23.7. The summed E-state index contributed by atoms with van der Waals surface area (Å²) in [4.78, 5) is 0. The summed E-state index contributed by atoms with van der Waals surface area (Å²) in [6, 6.07) is 0. The molecule has 0 aromatic heterocycles. The van der Waals surface area contributed by atoms with Crippen molar-refractivity contribution < 1.29 is 42.1 Å². The van der Waals surface area contributed by atoms with Crippen molar-refractivity contribution in [3.8, 4) is 0 Å². The van der Waals surface area contributed by atoms with Gasteiger partial charge in [0.25, 0.3) is 0 Å². The average molecular weight is 737 g/mol. The zero-order valence-corrected chi connectivity index (χ0v) is 36.1. The van der Waals surface area contributed by atoms with Gasteiger partial charge in [0.05, 0.1) is 0 Å². The molecular weight excluding hydrogens is 640 g/mol. The first kappa shape index (κ1) is 58.9. The van der Waals surface area contributed by atoms with E-state index in [4.69, 9.17) is 20.4 Å². The number of unbranched alkanes of at least 4 members (excludes halogenated alkanes) is 32. The fraction of sp³-hybridized carbons (Fsp3) is 1.00. The third-order valence-electron chi connectivity index (χ3n) is 9.05. The molecule has 4 nitrogen and oxygen atoms in total. The third kappa shape index (κ3) is 78.8. The molecule has 0 saturated heterocycles. The van der Waals surface area contributed by atoms with Crippen LogP contribution in [-0.4, -0.2) is 46.9 Å². The smallest absolute Gasteiger partial charge is 0.0431 e. The minimum atomic E-state index is 0. The first-order valence-corrected chi connectivity index (χ1v) is 22.1. The number of aliphatic hydroxyl groups excluding tert-OH is 4. The van der Waals surface area contributed by atoms with Gasteiger partial charge in [0.1, 0.15) is 0 Å². The zero-order valence-electron chi connectivity index (χ0n) is 34.6. The van der Waals surface area contributed by atoms with Crippen LogP contribution in [0.4, 0.5) is 0 Å². The summed E-state index contributed by atoms with van der Waals surface area (Å²) >= 11 is 0. The fourth-order valence-electron chi connectivity index (χ4n) is 5.64. The molecule has 5 heteroatoms. The molecule has 0 aliphatic rings. The van der Waals surface area contributed by atoms with Crippen molar-refractivity contribution >= 4 is 0 Å². The molecule has 0 radical (unpaired) electrons. The molecule has 0 bridgehead atoms. The maximum absolute atomic E-state index is 8.67. The van der Waals surface area contributed by atoms with Gasteiger partial charge in [-0.1, -0.05) is 233 Å². The molecular formula is C44H96O4Ti. The molecule has 0 atom stereocenters. The predicted octanol–water partition coefficient (Wildman–Crippen LogP) is 14.0. The van der Waals surface area contributed by atoms with Gasteiger partial charge < -0.3 is 20.4 Å². The molecule has 0 rings (SSSR count). The summed E-state index contributed by atoms with van der Waals surface area (Å²) in [5, 5.41) is 33.5. The molecule has 0 aliphatic carbocycles. The number of hydrogen-bond acceptors (Lipinski definition) is 4. The van der Waals surface area contributed by atoms with Gasteiger partial charge in [0.15, 0.2) is 0 Å². The van der Waals surface area contributed by atoms with Crippen molar-refractivity contribution in [2.24, 2.45) is 0 Å². The second-order valence-corrected chi connectivity index (χ2v) is 14.2. The minimum Gasteiger partial charge on any atom is -0.396 e. The maximum atomic E-state index is 8.67. The SMILES string of the molecule is CCCCCCCCCCCCCCCCCCO.CCCCCCCCCCCCCCCCCCO.CCCCO.CCCCO.[Ti]. The Morgan fingerprint density at radius 2 is 0.306 bits per heavy atom. The van der Waals surface area contributed by atoms with Crippen LogP contribution in [0.1, 0.15) is 259 Å². The molecule has 0 amide bonds. The van der Waals surface area contributed by atoms with Crippen molar-refractivity contribution in [2.75, 3.05) is 26.4 Å². The molecule has 0 fully saturated rings. The summed E-state index contributed by atoms with van der Waals surface area (Å²) in [5.41, 5.74) is 0. The van der Waals surface area contributed by atoms with Gasteiger partial charge in [-0.3, -0.25) is 0 Å². The molecule has 0 aromatic carbocycles. The van der Waals surface area contributed by atoms with Gasteiger partial charge in [-0.15, -0.1) is 0 Å². The van der Waals surface area contributed by atoms with Gasteiger partial charge in [0.2, 0.25) is 0 Å². The van der Waals surface area contributed by atoms with Crippen LogP contribution >= 0.6 is 0 Å². The Labute approximate surface area is 326 Å². The van der Waals surface area contributed by atoms with E-state index in [9.17, 15) is 0 Å². The molecule has 0 aromatic rings. The Kier molecular flexibility index (Phi) is 80.2. The number of rotatable bonds is 36. The summed E-state index contributed by atoms with van der Waals surface area (Å²) < 4.78 is 0. The molecule has 0 unspecified atom stereocenters. The molecule has 0 aliphatic heterocycles. The molecule has 300 valence electrons. The van der Waals surface area contributed by atoms with E-state index in [-0.39, 0.29) is 21.7 Å². The average Bonchev–Trinajstić information content (AvgIpc) is 3.10. The normalized spacial score (nSPS) is 10.3. The van der Waals surface area contributed by atoms with Crippen LogP contribution in [0.15, 0.2) is 0 Å². The van der Waals surface area contributed by atoms with Crippen LogP contribution in [0.2, 0.25) is 0 Å². The van der Waals surface area contributed by atoms with Gasteiger partial charge in [-0.2, -0.15) is 0 Å². The number of aliphatic hydroxyl groups is 4. The van der Waals surface area contributed by atoms with E-state index in [1.807, 2.05) is 0 Å². The molecule has 49 heavy (non-hydrogen) atoms. The van der Waals surface area contributed by atoms with Crippen molar-refractivity contribution in [1.82, 2.24) is 0 Å². The van der Waals surface area contributed by atoms with Crippen molar-refractivity contribution in [1.29, 1.82) is 0 Å². The van der Waals surface area contributed by atoms with Crippen LogP contribution < -0.4 is 0 Å². The van der Waals surface area contributed by atoms with Gasteiger partial charge in [0, 0.05) is 48.1 Å². The monoisotopic (exact) mass is 737 g/mol. The van der Waals surface area contributed by atoms with Crippen LogP contribution in [0.3, 0.4) is 0 Å². The summed E-state index contributed by atoms with van der Waals surface area (Å²) in [5.74, 6) is 0. The molecule has 0 spiro atoms. The topological polar surface area (TPSA) is 80.9 Å². The Bertz CT molecular complexity index is 377. The van der Waals surface area contributed by atoms with Gasteiger partial charge in [-0.05, 0) is 25.7 Å². The Morgan fingerprint density at radius 1 is 0.184 bits per heavy atom. The standard InChI is InChI=1S/2C18H38O.2C4H10O.Ti/c2*1-2-3-4-5-6-7-8-9-10-11-12-13-14-15-16-17-18-19;2*1-2-3-4-5;/h2*19H,2-18H2,1H3;2*5H,2-4H2,1H3;. The second kappa shape index (κ2) is 66.8. The second-order valence-electron chi connectivity index (χ2n) is 14.2. The summed E-state index contributed by atoms with van der Waals surface area (Å²) in [7, 11) is 0. The van der Waals surface area contributed by atoms with Crippen LogP contribution in [0.25, 0.3) is 0 Å². The van der Waals surface area contributed by atoms with E-state index in [1.54, 1.807) is 0 Å². The van der Waals surface area contributed by atoms with Crippen LogP contribution in [0.5, 0.6) is 0 Å². The van der Waals surface area contributed by atoms with Crippen molar-refractivity contribution in [3.05, 3.63) is 0 Å². The van der Waals surface area contributed by atoms with E-state index in [1.165, 1.54) is 193 Å². The van der Waals surface area contributed by atoms with E-state index in [0.29, 0.717) is 26.4 Å². The Morgan fingerprint density at radius 3 is 0.408 bits per heavy atom. The Hall–Kier alpha value is 0.554. The zero-order chi connectivity index (χ0) is 36.3. The minimum absolute atomic E-state index is 0. The van der Waals surface area contributed by atoms with Crippen molar-refractivity contribution in [2.45, 2.75) is 259 Å². The summed E-state index contributed by atoms with van der Waals surface area (Å²) in [6.45, 7) is 10.1.